The van der Waals surface area contributed by atoms with Crippen molar-refractivity contribution in [2.45, 2.75) is 64.6 Å². The second kappa shape index (κ2) is 17.4. The number of benzene rings is 1. The summed E-state index contributed by atoms with van der Waals surface area (Å²) in [7, 11) is 0. The van der Waals surface area contributed by atoms with Crippen molar-refractivity contribution in [3.8, 4) is 18.6 Å². The second-order valence-electron chi connectivity index (χ2n) is 7.25. The molecule has 0 aliphatic heterocycles. The molecule has 12 nitrogen and oxygen atoms in total. The number of phenols is 1. The Hall–Kier alpha value is -4.11. The summed E-state index contributed by atoms with van der Waals surface area (Å²) in [6, 6.07) is 3.92. The highest BCUT2D eigenvalue weighted by molar-refractivity contribution is 5.83. The fraction of sp³-hybridized carbons (Fsp3) is 0.435. The van der Waals surface area contributed by atoms with Gasteiger partial charge in [-0.25, -0.2) is 9.59 Å². The molecule has 1 heterocycles. The first-order valence-corrected chi connectivity index (χ1v) is 10.9. The van der Waals surface area contributed by atoms with E-state index in [1.165, 1.54) is 12.8 Å². The number of hydrogen-bond donors (Lipinski definition) is 6. The van der Waals surface area contributed by atoms with E-state index in [-0.39, 0.29) is 36.9 Å². The van der Waals surface area contributed by atoms with Crippen LogP contribution in [-0.4, -0.2) is 44.3 Å². The number of phenolic OH excluding ortho intramolecular Hbond substituents is 1. The summed E-state index contributed by atoms with van der Waals surface area (Å²) in [5.41, 5.74) is 11.9. The summed E-state index contributed by atoms with van der Waals surface area (Å²) < 4.78 is 5.02. The molecule has 12 heteroatoms. The van der Waals surface area contributed by atoms with Crippen molar-refractivity contribution >= 4 is 17.9 Å². The first-order valence-electron chi connectivity index (χ1n) is 10.9. The molecule has 192 valence electrons. The number of nitrogens with one attached hydrogen (secondary N) is 2. The molecule has 2 aromatic rings. The Kier molecular flexibility index (Phi) is 15.3. The van der Waals surface area contributed by atoms with Crippen molar-refractivity contribution < 1.29 is 29.1 Å². The maximum Gasteiger partial charge on any atom is 0.326 e. The zero-order valence-electron chi connectivity index (χ0n) is 19.9. The lowest BCUT2D eigenvalue weighted by atomic mass is 10.1. The minimum Gasteiger partial charge on any atom is -0.508 e. The fourth-order valence-electron chi connectivity index (χ4n) is 2.38. The molecule has 1 aromatic heterocycles. The van der Waals surface area contributed by atoms with E-state index in [4.69, 9.17) is 21.1 Å². The summed E-state index contributed by atoms with van der Waals surface area (Å²) in [6.45, 7) is 4.22. The average Bonchev–Trinajstić information content (AvgIpc) is 3.32. The minimum atomic E-state index is -1.29. The Morgan fingerprint density at radius 3 is 2.26 bits per heavy atom. The van der Waals surface area contributed by atoms with Crippen LogP contribution in [0.3, 0.4) is 0 Å². The largest absolute Gasteiger partial charge is 0.508 e. The molecule has 0 aliphatic rings. The predicted molar refractivity (Wildman–Crippen MR) is 129 cm³/mol. The maximum absolute atomic E-state index is 11.8. The normalized spacial score (nSPS) is 11.5. The van der Waals surface area contributed by atoms with Gasteiger partial charge in [0.2, 0.25) is 11.8 Å². The van der Waals surface area contributed by atoms with Gasteiger partial charge in [-0.15, -0.1) is 12.8 Å². The number of aromatic nitrogens is 2. The molecule has 1 aromatic carbocycles. The lowest BCUT2D eigenvalue weighted by Gasteiger charge is -2.13. The fourth-order valence-corrected chi connectivity index (χ4v) is 2.38. The van der Waals surface area contributed by atoms with Gasteiger partial charge in [0.15, 0.2) is 5.82 Å². The Balaban J connectivity index is 0.00000174. The molecule has 3 amide bonds. The van der Waals surface area contributed by atoms with Gasteiger partial charge in [0, 0.05) is 6.42 Å². The zero-order valence-corrected chi connectivity index (χ0v) is 19.9. The molecule has 0 saturated heterocycles. The highest BCUT2D eigenvalue weighted by Crippen LogP contribution is 2.16. The SMILES string of the molecule is C#C.CCCC.NC(=O)CC[C@H](NC(=O)NCc1nc([C@@H](N)Cc2ccc(O)cc2)no1)C(=O)O. The van der Waals surface area contributed by atoms with Gasteiger partial charge >= 0.3 is 12.0 Å². The van der Waals surface area contributed by atoms with E-state index in [1.54, 1.807) is 24.3 Å². The maximum atomic E-state index is 11.8. The van der Waals surface area contributed by atoms with Crippen LogP contribution in [0.15, 0.2) is 28.8 Å². The number of amides is 3. The number of terminal acetylenes is 1. The van der Waals surface area contributed by atoms with Crippen molar-refractivity contribution in [3.05, 3.63) is 41.5 Å². The summed E-state index contributed by atoms with van der Waals surface area (Å²) in [5.74, 6) is -1.49. The number of hydrogen-bond acceptors (Lipinski definition) is 8. The number of aromatic hydroxyl groups is 1. The van der Waals surface area contributed by atoms with Crippen LogP contribution in [0.1, 0.15) is 62.9 Å². The van der Waals surface area contributed by atoms with Gasteiger partial charge in [-0.1, -0.05) is 44.0 Å². The molecule has 2 rings (SSSR count). The first kappa shape index (κ1) is 30.9. The number of carbonyl (C=O) groups excluding carboxylic acids is 2. The van der Waals surface area contributed by atoms with Crippen LogP contribution < -0.4 is 22.1 Å². The van der Waals surface area contributed by atoms with Crippen LogP contribution in [-0.2, 0) is 22.6 Å². The lowest BCUT2D eigenvalue weighted by molar-refractivity contribution is -0.139. The number of carboxylic acids is 1. The molecule has 8 N–H and O–H groups in total. The third kappa shape index (κ3) is 13.2. The van der Waals surface area contributed by atoms with Crippen molar-refractivity contribution in [1.29, 1.82) is 0 Å². The molecular weight excluding hydrogens is 456 g/mol. The van der Waals surface area contributed by atoms with Crippen LogP contribution in [0.25, 0.3) is 0 Å². The van der Waals surface area contributed by atoms with E-state index in [0.717, 1.165) is 5.56 Å². The highest BCUT2D eigenvalue weighted by Gasteiger charge is 2.21. The number of rotatable bonds is 11. The molecule has 0 radical (unpaired) electrons. The number of urea groups is 1. The predicted octanol–water partition coefficient (Wildman–Crippen LogP) is 1.59. The zero-order chi connectivity index (χ0) is 26.8. The van der Waals surface area contributed by atoms with Crippen molar-refractivity contribution in [2.24, 2.45) is 11.5 Å². The van der Waals surface area contributed by atoms with E-state index in [9.17, 15) is 19.5 Å². The first-order chi connectivity index (χ1) is 16.7. The Bertz CT molecular complexity index is 926. The van der Waals surface area contributed by atoms with Crippen LogP contribution in [0, 0.1) is 12.8 Å². The topological polar surface area (TPSA) is 207 Å². The van der Waals surface area contributed by atoms with Crippen LogP contribution in [0.5, 0.6) is 5.75 Å². The van der Waals surface area contributed by atoms with E-state index in [0.29, 0.717) is 6.42 Å². The molecule has 0 bridgehead atoms. The Labute approximate surface area is 204 Å². The van der Waals surface area contributed by atoms with E-state index in [2.05, 4.69) is 47.5 Å². The van der Waals surface area contributed by atoms with E-state index < -0.39 is 30.0 Å². The van der Waals surface area contributed by atoms with Crippen molar-refractivity contribution in [1.82, 2.24) is 20.8 Å². The standard InChI is InChI=1S/C17H22N6O6.C4H10.C2H2/c18-11(7-9-1-3-10(24)4-2-9)15-22-14(29-23-15)8-20-17(28)21-12(16(26)27)5-6-13(19)25;1-3-4-2;1-2/h1-4,11-12,24H,5-8,18H2,(H2,19,25)(H,26,27)(H2,20,21,28);3-4H2,1-2H3;1-2H/t11-,12-;;/m0../s1. The quantitative estimate of drug-likeness (QED) is 0.252. The van der Waals surface area contributed by atoms with Gasteiger partial charge in [-0.05, 0) is 30.5 Å². The number of nitrogens with two attached hydrogens (primary N) is 2. The number of carboxylic acid groups (broad SMARTS) is 1. The van der Waals surface area contributed by atoms with E-state index >= 15 is 0 Å². The van der Waals surface area contributed by atoms with Gasteiger partial charge in [0.1, 0.15) is 11.8 Å². The third-order valence-electron chi connectivity index (χ3n) is 4.39. The van der Waals surface area contributed by atoms with Crippen molar-refractivity contribution in [2.75, 3.05) is 0 Å². The third-order valence-corrected chi connectivity index (χ3v) is 4.39. The van der Waals surface area contributed by atoms with E-state index in [1.807, 2.05) is 0 Å². The smallest absolute Gasteiger partial charge is 0.326 e. The molecule has 0 fully saturated rings. The van der Waals surface area contributed by atoms with Gasteiger partial charge in [-0.2, -0.15) is 4.98 Å². The molecule has 35 heavy (non-hydrogen) atoms. The summed E-state index contributed by atoms with van der Waals surface area (Å²) in [5, 5.41) is 26.7. The summed E-state index contributed by atoms with van der Waals surface area (Å²) in [4.78, 5) is 37.8. The number of primary amides is 1. The second-order valence-corrected chi connectivity index (χ2v) is 7.25. The highest BCUT2D eigenvalue weighted by atomic mass is 16.5. The van der Waals surface area contributed by atoms with Gasteiger partial charge in [0.25, 0.3) is 0 Å². The lowest BCUT2D eigenvalue weighted by Crippen LogP contribution is -2.46. The van der Waals surface area contributed by atoms with Crippen LogP contribution in [0.4, 0.5) is 4.79 Å². The molecular formula is C23H34N6O6. The molecule has 0 unspecified atom stereocenters. The molecule has 0 saturated carbocycles. The number of aliphatic carboxylic acids is 1. The van der Waals surface area contributed by atoms with Gasteiger partial charge in [0.05, 0.1) is 12.6 Å². The Morgan fingerprint density at radius 1 is 1.14 bits per heavy atom. The van der Waals surface area contributed by atoms with Crippen LogP contribution in [0.2, 0.25) is 0 Å². The average molecular weight is 491 g/mol. The summed E-state index contributed by atoms with van der Waals surface area (Å²) >= 11 is 0. The molecule has 0 spiro atoms. The van der Waals surface area contributed by atoms with Crippen LogP contribution >= 0.6 is 0 Å². The van der Waals surface area contributed by atoms with Gasteiger partial charge in [-0.3, -0.25) is 4.79 Å². The number of unbranched alkanes of at least 4 members (excludes halogenated alkanes) is 1. The monoisotopic (exact) mass is 490 g/mol. The number of nitrogens with zero attached hydrogens (tertiary/aromatic N) is 2. The molecule has 2 atom stereocenters. The minimum absolute atomic E-state index is 0.0836. The van der Waals surface area contributed by atoms with Crippen molar-refractivity contribution in [3.63, 3.8) is 0 Å². The molecule has 0 aliphatic carbocycles. The summed E-state index contributed by atoms with van der Waals surface area (Å²) in [6.07, 6.45) is 10.7. The number of carbonyl (C=O) groups is 3. The Morgan fingerprint density at radius 2 is 1.74 bits per heavy atom. The van der Waals surface area contributed by atoms with Gasteiger partial charge < -0.3 is 36.8 Å².